The average Bonchev–Trinajstić information content (AvgIpc) is 2.59. The van der Waals surface area contributed by atoms with Crippen molar-refractivity contribution >= 4 is 5.90 Å². The van der Waals surface area contributed by atoms with E-state index < -0.39 is 0 Å². The summed E-state index contributed by atoms with van der Waals surface area (Å²) >= 11 is 0. The zero-order valence-electron chi connectivity index (χ0n) is 8.80. The van der Waals surface area contributed by atoms with Crippen LogP contribution >= 0.6 is 0 Å². The molecule has 0 spiro atoms. The predicted molar refractivity (Wildman–Crippen MR) is 59.4 cm³/mol. The first-order chi connectivity index (χ1) is 7.36. The molecule has 0 saturated heterocycles. The summed E-state index contributed by atoms with van der Waals surface area (Å²) in [5, 5.41) is 9.71. The molecule has 1 aliphatic carbocycles. The van der Waals surface area contributed by atoms with Crippen LogP contribution in [0.2, 0.25) is 0 Å². The number of aliphatic hydroxyl groups is 1. The van der Waals surface area contributed by atoms with Crippen LogP contribution in [0.5, 0.6) is 0 Å². The summed E-state index contributed by atoms with van der Waals surface area (Å²) in [6.45, 7) is 0. The molecular weight excluding hydrogens is 190 g/mol. The Kier molecular flexibility index (Phi) is 3.56. The van der Waals surface area contributed by atoms with Crippen LogP contribution in [0, 0.1) is 5.92 Å². The van der Waals surface area contributed by atoms with Gasteiger partial charge in [-0.2, -0.15) is 0 Å². The van der Waals surface area contributed by atoms with Crippen LogP contribution in [0.1, 0.15) is 32.1 Å². The number of nitrogens with zero attached hydrogens (tertiary/aromatic N) is 1. The first kappa shape index (κ1) is 10.4. The van der Waals surface area contributed by atoms with Crippen molar-refractivity contribution in [1.29, 1.82) is 0 Å². The maximum Gasteiger partial charge on any atom is 0.196 e. The molecule has 0 aromatic carbocycles. The molecule has 2 unspecified atom stereocenters. The maximum atomic E-state index is 9.71. The molecule has 0 aromatic heterocycles. The van der Waals surface area contributed by atoms with Gasteiger partial charge in [-0.25, -0.2) is 4.99 Å². The summed E-state index contributed by atoms with van der Waals surface area (Å²) in [4.78, 5) is 4.26. The highest BCUT2D eigenvalue weighted by Gasteiger charge is 2.23. The highest BCUT2D eigenvalue weighted by Crippen LogP contribution is 2.25. The predicted octanol–water partition coefficient (Wildman–Crippen LogP) is 2.38. The normalized spacial score (nSPS) is 31.4. The van der Waals surface area contributed by atoms with Crippen molar-refractivity contribution in [3.8, 4) is 0 Å². The monoisotopic (exact) mass is 207 g/mol. The van der Waals surface area contributed by atoms with Crippen molar-refractivity contribution in [3.63, 3.8) is 0 Å². The van der Waals surface area contributed by atoms with Gasteiger partial charge in [-0.1, -0.05) is 12.8 Å². The number of hydrogen-bond donors (Lipinski definition) is 1. The molecule has 82 valence electrons. The summed E-state index contributed by atoms with van der Waals surface area (Å²) in [6.07, 6.45) is 11.9. The van der Waals surface area contributed by atoms with Gasteiger partial charge in [0.25, 0.3) is 0 Å². The highest BCUT2D eigenvalue weighted by molar-refractivity contribution is 5.80. The van der Waals surface area contributed by atoms with Crippen molar-refractivity contribution in [2.24, 2.45) is 10.9 Å². The van der Waals surface area contributed by atoms with Crippen molar-refractivity contribution in [3.05, 3.63) is 24.6 Å². The second kappa shape index (κ2) is 5.12. The van der Waals surface area contributed by atoms with Crippen LogP contribution in [0.3, 0.4) is 0 Å². The molecule has 0 amide bonds. The van der Waals surface area contributed by atoms with E-state index in [1.165, 1.54) is 0 Å². The molecule has 0 radical (unpaired) electrons. The van der Waals surface area contributed by atoms with Gasteiger partial charge in [-0.3, -0.25) is 0 Å². The van der Waals surface area contributed by atoms with E-state index in [1.54, 1.807) is 12.5 Å². The standard InChI is InChI=1S/C12H17NO2/c14-11-6-2-1-5-10(9-11)12-13-7-3-4-8-15-12/h3-4,7-8,10-11,14H,1-2,5-6,9H2. The van der Waals surface area contributed by atoms with Crippen LogP contribution in [0.25, 0.3) is 0 Å². The molecule has 1 fully saturated rings. The Morgan fingerprint density at radius 1 is 1.27 bits per heavy atom. The van der Waals surface area contributed by atoms with E-state index in [4.69, 9.17) is 4.74 Å². The Hall–Kier alpha value is -1.09. The molecule has 3 nitrogen and oxygen atoms in total. The molecule has 1 aliphatic heterocycles. The first-order valence-electron chi connectivity index (χ1n) is 5.60. The van der Waals surface area contributed by atoms with E-state index in [1.807, 2.05) is 12.2 Å². The van der Waals surface area contributed by atoms with Crippen molar-refractivity contribution in [2.75, 3.05) is 0 Å². The number of aliphatic imine (C=N–C) groups is 1. The second-order valence-electron chi connectivity index (χ2n) is 4.13. The first-order valence-corrected chi connectivity index (χ1v) is 5.60. The summed E-state index contributed by atoms with van der Waals surface area (Å²) in [6, 6.07) is 0. The van der Waals surface area contributed by atoms with Crippen LogP contribution in [-0.2, 0) is 4.74 Å². The largest absolute Gasteiger partial charge is 0.450 e. The molecule has 1 N–H and O–H groups in total. The Morgan fingerprint density at radius 2 is 2.13 bits per heavy atom. The third-order valence-corrected chi connectivity index (χ3v) is 2.91. The zero-order valence-corrected chi connectivity index (χ0v) is 8.80. The van der Waals surface area contributed by atoms with Gasteiger partial charge in [0, 0.05) is 12.1 Å². The lowest BCUT2D eigenvalue weighted by atomic mass is 9.99. The minimum atomic E-state index is -0.194. The number of rotatable bonds is 1. The second-order valence-corrected chi connectivity index (χ2v) is 4.13. The lowest BCUT2D eigenvalue weighted by Crippen LogP contribution is -2.20. The molecule has 0 bridgehead atoms. The molecule has 3 heteroatoms. The van der Waals surface area contributed by atoms with E-state index >= 15 is 0 Å². The van der Waals surface area contributed by atoms with Crippen molar-refractivity contribution in [1.82, 2.24) is 0 Å². The number of allylic oxidation sites excluding steroid dienone is 2. The van der Waals surface area contributed by atoms with Crippen molar-refractivity contribution < 1.29 is 9.84 Å². The van der Waals surface area contributed by atoms with Crippen LogP contribution < -0.4 is 0 Å². The summed E-state index contributed by atoms with van der Waals surface area (Å²) < 4.78 is 5.44. The topological polar surface area (TPSA) is 41.8 Å². The maximum absolute atomic E-state index is 9.71. The third kappa shape index (κ3) is 2.93. The van der Waals surface area contributed by atoms with E-state index in [0.717, 1.165) is 38.0 Å². The molecular formula is C12H17NO2. The van der Waals surface area contributed by atoms with Crippen molar-refractivity contribution in [2.45, 2.75) is 38.2 Å². The Morgan fingerprint density at radius 3 is 3.07 bits per heavy atom. The van der Waals surface area contributed by atoms with Gasteiger partial charge in [-0.05, 0) is 31.4 Å². The SMILES string of the molecule is OC1CCCCC(C2=NC=CC=CO2)C1. The fraction of sp³-hybridized carbons (Fsp3) is 0.583. The molecule has 1 heterocycles. The van der Waals surface area contributed by atoms with Gasteiger partial charge in [0.15, 0.2) is 5.90 Å². The zero-order chi connectivity index (χ0) is 10.5. The third-order valence-electron chi connectivity index (χ3n) is 2.91. The fourth-order valence-corrected chi connectivity index (χ4v) is 2.11. The molecule has 2 aliphatic rings. The van der Waals surface area contributed by atoms with Crippen LogP contribution in [-0.4, -0.2) is 17.1 Å². The van der Waals surface area contributed by atoms with Gasteiger partial charge in [0.1, 0.15) is 0 Å². The van der Waals surface area contributed by atoms with Gasteiger partial charge in [0.05, 0.1) is 12.4 Å². The van der Waals surface area contributed by atoms with E-state index in [-0.39, 0.29) is 12.0 Å². The van der Waals surface area contributed by atoms with Gasteiger partial charge < -0.3 is 9.84 Å². The van der Waals surface area contributed by atoms with E-state index in [9.17, 15) is 5.11 Å². The molecule has 1 saturated carbocycles. The lowest BCUT2D eigenvalue weighted by Gasteiger charge is -2.16. The molecule has 0 aromatic rings. The highest BCUT2D eigenvalue weighted by atomic mass is 16.5. The average molecular weight is 207 g/mol. The van der Waals surface area contributed by atoms with E-state index in [0.29, 0.717) is 0 Å². The fourth-order valence-electron chi connectivity index (χ4n) is 2.11. The Bertz CT molecular complexity index is 294. The Balaban J connectivity index is 2.04. The van der Waals surface area contributed by atoms with Gasteiger partial charge in [-0.15, -0.1) is 0 Å². The smallest absolute Gasteiger partial charge is 0.196 e. The Labute approximate surface area is 90.2 Å². The van der Waals surface area contributed by atoms with Gasteiger partial charge >= 0.3 is 0 Å². The molecule has 2 rings (SSSR count). The van der Waals surface area contributed by atoms with Crippen LogP contribution in [0.4, 0.5) is 0 Å². The number of ether oxygens (including phenoxy) is 1. The molecule has 15 heavy (non-hydrogen) atoms. The summed E-state index contributed by atoms with van der Waals surface area (Å²) in [7, 11) is 0. The van der Waals surface area contributed by atoms with Gasteiger partial charge in [0.2, 0.25) is 0 Å². The van der Waals surface area contributed by atoms with Crippen LogP contribution in [0.15, 0.2) is 29.6 Å². The molecule has 2 atom stereocenters. The number of aliphatic hydroxyl groups excluding tert-OH is 1. The summed E-state index contributed by atoms with van der Waals surface area (Å²) in [5.41, 5.74) is 0. The minimum Gasteiger partial charge on any atom is -0.450 e. The number of hydrogen-bond acceptors (Lipinski definition) is 3. The summed E-state index contributed by atoms with van der Waals surface area (Å²) in [5.74, 6) is 1.02. The minimum absolute atomic E-state index is 0.194. The lowest BCUT2D eigenvalue weighted by molar-refractivity contribution is 0.147. The van der Waals surface area contributed by atoms with E-state index in [2.05, 4.69) is 4.99 Å². The quantitative estimate of drug-likeness (QED) is 0.671.